The van der Waals surface area contributed by atoms with Gasteiger partial charge in [-0.25, -0.2) is 4.98 Å². The second-order valence-corrected chi connectivity index (χ2v) is 8.16. The molecule has 2 amide bonds. The number of imidazole rings is 1. The number of para-hydroxylation sites is 3. The molecule has 156 valence electrons. The van der Waals surface area contributed by atoms with Crippen molar-refractivity contribution in [1.82, 2.24) is 15.3 Å². The van der Waals surface area contributed by atoms with Crippen molar-refractivity contribution in [3.05, 3.63) is 59.9 Å². The summed E-state index contributed by atoms with van der Waals surface area (Å²) in [5.41, 5.74) is 3.87. The quantitative estimate of drug-likeness (QED) is 0.547. The molecule has 0 aliphatic carbocycles. The number of fused-ring (bicyclic) bond motifs is 2. The number of hydrogen-bond acceptors (Lipinski definition) is 3. The first kappa shape index (κ1) is 20.1. The maximum Gasteiger partial charge on any atom is 0.227 e. The van der Waals surface area contributed by atoms with Crippen LogP contribution in [0.4, 0.5) is 5.69 Å². The molecule has 2 heterocycles. The molecule has 0 bridgehead atoms. The Labute approximate surface area is 176 Å². The summed E-state index contributed by atoms with van der Waals surface area (Å²) in [6.45, 7) is 4.22. The fourth-order valence-corrected chi connectivity index (χ4v) is 4.03. The molecule has 4 rings (SSSR count). The van der Waals surface area contributed by atoms with Gasteiger partial charge in [0.25, 0.3) is 0 Å². The molecular weight excluding hydrogens is 376 g/mol. The molecule has 2 aromatic carbocycles. The molecule has 1 aliphatic heterocycles. The topological polar surface area (TPSA) is 86.9 Å². The van der Waals surface area contributed by atoms with Crippen LogP contribution in [0.2, 0.25) is 0 Å². The standard InChI is InChI=1S/C24H28N4O2/c1-3-15(2)22(23-25-19-10-6-7-11-20(19)26-23)28-21(29)13-12-17-14-16-8-4-5-9-18(16)27-24(17)30/h4-11,15,17,22H,3,12-14H2,1-2H3,(H,25,26)(H,27,30)(H,28,29). The molecular formula is C24H28N4O2. The van der Waals surface area contributed by atoms with Gasteiger partial charge in [0.2, 0.25) is 11.8 Å². The zero-order chi connectivity index (χ0) is 21.1. The van der Waals surface area contributed by atoms with E-state index in [-0.39, 0.29) is 29.7 Å². The average Bonchev–Trinajstić information content (AvgIpc) is 3.19. The summed E-state index contributed by atoms with van der Waals surface area (Å²) in [4.78, 5) is 33.2. The molecule has 30 heavy (non-hydrogen) atoms. The number of carbonyl (C=O) groups excluding carboxylic acids is 2. The molecule has 1 aliphatic rings. The van der Waals surface area contributed by atoms with Crippen LogP contribution in [0.1, 0.15) is 50.5 Å². The van der Waals surface area contributed by atoms with Gasteiger partial charge in [0, 0.05) is 18.0 Å². The van der Waals surface area contributed by atoms with Crippen molar-refractivity contribution in [2.75, 3.05) is 5.32 Å². The molecule has 3 N–H and O–H groups in total. The molecule has 6 nitrogen and oxygen atoms in total. The molecule has 3 unspecified atom stereocenters. The van der Waals surface area contributed by atoms with Gasteiger partial charge in [-0.15, -0.1) is 0 Å². The van der Waals surface area contributed by atoms with E-state index in [1.165, 1.54) is 0 Å². The molecule has 0 fully saturated rings. The molecule has 3 atom stereocenters. The summed E-state index contributed by atoms with van der Waals surface area (Å²) in [7, 11) is 0. The number of anilines is 1. The minimum atomic E-state index is -0.184. The molecule has 6 heteroatoms. The van der Waals surface area contributed by atoms with E-state index in [0.29, 0.717) is 19.3 Å². The van der Waals surface area contributed by atoms with Crippen molar-refractivity contribution >= 4 is 28.5 Å². The number of nitrogens with zero attached hydrogens (tertiary/aromatic N) is 1. The maximum absolute atomic E-state index is 12.8. The Kier molecular flexibility index (Phi) is 5.84. The molecule has 0 saturated heterocycles. The second kappa shape index (κ2) is 8.69. The highest BCUT2D eigenvalue weighted by Gasteiger charge is 2.28. The van der Waals surface area contributed by atoms with Crippen molar-refractivity contribution in [2.45, 2.75) is 45.6 Å². The smallest absolute Gasteiger partial charge is 0.227 e. The zero-order valence-corrected chi connectivity index (χ0v) is 17.4. The molecule has 0 spiro atoms. The summed E-state index contributed by atoms with van der Waals surface area (Å²) in [6, 6.07) is 15.5. The van der Waals surface area contributed by atoms with Gasteiger partial charge < -0.3 is 15.6 Å². The van der Waals surface area contributed by atoms with Crippen LogP contribution in [0.15, 0.2) is 48.5 Å². The Balaban J connectivity index is 1.41. The van der Waals surface area contributed by atoms with E-state index in [9.17, 15) is 9.59 Å². The van der Waals surface area contributed by atoms with Gasteiger partial charge in [0.15, 0.2) is 0 Å². The monoisotopic (exact) mass is 404 g/mol. The first-order valence-electron chi connectivity index (χ1n) is 10.7. The number of benzene rings is 2. The number of amides is 2. The van der Waals surface area contributed by atoms with E-state index in [1.54, 1.807) is 0 Å². The predicted molar refractivity (Wildman–Crippen MR) is 118 cm³/mol. The van der Waals surface area contributed by atoms with Crippen LogP contribution in [0.3, 0.4) is 0 Å². The summed E-state index contributed by atoms with van der Waals surface area (Å²) in [5, 5.41) is 6.11. The van der Waals surface area contributed by atoms with Gasteiger partial charge in [-0.2, -0.15) is 0 Å². The molecule has 1 aromatic heterocycles. The van der Waals surface area contributed by atoms with Crippen LogP contribution in [0.5, 0.6) is 0 Å². The Hall–Kier alpha value is -3.15. The van der Waals surface area contributed by atoms with E-state index in [0.717, 1.165) is 34.5 Å². The summed E-state index contributed by atoms with van der Waals surface area (Å²) in [6.07, 6.45) is 2.43. The van der Waals surface area contributed by atoms with Gasteiger partial charge in [-0.3, -0.25) is 9.59 Å². The summed E-state index contributed by atoms with van der Waals surface area (Å²) in [5.74, 6) is 0.783. The Morgan fingerprint density at radius 1 is 1.20 bits per heavy atom. The highest BCUT2D eigenvalue weighted by molar-refractivity contribution is 5.96. The van der Waals surface area contributed by atoms with Crippen LogP contribution < -0.4 is 10.6 Å². The third-order valence-electron chi connectivity index (χ3n) is 6.06. The van der Waals surface area contributed by atoms with Crippen molar-refractivity contribution in [2.24, 2.45) is 11.8 Å². The fraction of sp³-hybridized carbons (Fsp3) is 0.375. The lowest BCUT2D eigenvalue weighted by Gasteiger charge is -2.25. The van der Waals surface area contributed by atoms with Gasteiger partial charge in [0.1, 0.15) is 5.82 Å². The van der Waals surface area contributed by atoms with E-state index in [2.05, 4.69) is 34.4 Å². The van der Waals surface area contributed by atoms with E-state index in [1.807, 2.05) is 48.5 Å². The SMILES string of the molecule is CCC(C)C(NC(=O)CCC1Cc2ccccc2NC1=O)c1nc2ccccc2[nH]1. The van der Waals surface area contributed by atoms with Gasteiger partial charge in [0.05, 0.1) is 17.1 Å². The Bertz CT molecular complexity index is 1030. The normalized spacial score (nSPS) is 17.8. The largest absolute Gasteiger partial charge is 0.346 e. The number of aromatic amines is 1. The minimum absolute atomic E-state index is 0.00254. The van der Waals surface area contributed by atoms with Crippen LogP contribution in [0, 0.1) is 11.8 Å². The van der Waals surface area contributed by atoms with Crippen LogP contribution in [-0.2, 0) is 16.0 Å². The van der Waals surface area contributed by atoms with Crippen molar-refractivity contribution in [3.63, 3.8) is 0 Å². The van der Waals surface area contributed by atoms with Crippen LogP contribution in [0.25, 0.3) is 11.0 Å². The highest BCUT2D eigenvalue weighted by atomic mass is 16.2. The van der Waals surface area contributed by atoms with E-state index >= 15 is 0 Å². The highest BCUT2D eigenvalue weighted by Crippen LogP contribution is 2.28. The number of rotatable bonds is 7. The van der Waals surface area contributed by atoms with Crippen LogP contribution >= 0.6 is 0 Å². The number of hydrogen-bond donors (Lipinski definition) is 3. The lowest BCUT2D eigenvalue weighted by Crippen LogP contribution is -2.35. The lowest BCUT2D eigenvalue weighted by atomic mass is 9.89. The molecule has 0 radical (unpaired) electrons. The summed E-state index contributed by atoms with van der Waals surface area (Å²) >= 11 is 0. The lowest BCUT2D eigenvalue weighted by molar-refractivity contribution is -0.123. The van der Waals surface area contributed by atoms with E-state index < -0.39 is 0 Å². The third kappa shape index (κ3) is 4.22. The predicted octanol–water partition coefficient (Wildman–Crippen LogP) is 4.36. The van der Waals surface area contributed by atoms with Crippen molar-refractivity contribution in [3.8, 4) is 0 Å². The van der Waals surface area contributed by atoms with Crippen LogP contribution in [-0.4, -0.2) is 21.8 Å². The number of H-pyrrole nitrogens is 1. The number of nitrogens with one attached hydrogen (secondary N) is 3. The first-order chi connectivity index (χ1) is 14.5. The van der Waals surface area contributed by atoms with Crippen molar-refractivity contribution in [1.29, 1.82) is 0 Å². The fourth-order valence-electron chi connectivity index (χ4n) is 4.03. The minimum Gasteiger partial charge on any atom is -0.346 e. The summed E-state index contributed by atoms with van der Waals surface area (Å²) < 4.78 is 0. The first-order valence-corrected chi connectivity index (χ1v) is 10.7. The number of aromatic nitrogens is 2. The second-order valence-electron chi connectivity index (χ2n) is 8.16. The Morgan fingerprint density at radius 2 is 1.97 bits per heavy atom. The molecule has 3 aromatic rings. The Morgan fingerprint density at radius 3 is 2.77 bits per heavy atom. The zero-order valence-electron chi connectivity index (χ0n) is 17.4. The molecule has 0 saturated carbocycles. The third-order valence-corrected chi connectivity index (χ3v) is 6.06. The average molecular weight is 405 g/mol. The maximum atomic E-state index is 12.8. The van der Waals surface area contributed by atoms with Crippen molar-refractivity contribution < 1.29 is 9.59 Å². The van der Waals surface area contributed by atoms with Gasteiger partial charge in [-0.05, 0) is 42.5 Å². The van der Waals surface area contributed by atoms with E-state index in [4.69, 9.17) is 0 Å². The number of carbonyl (C=O) groups is 2. The van der Waals surface area contributed by atoms with Gasteiger partial charge in [-0.1, -0.05) is 50.6 Å². The van der Waals surface area contributed by atoms with Gasteiger partial charge >= 0.3 is 0 Å².